The van der Waals surface area contributed by atoms with Gasteiger partial charge >= 0.3 is 6.09 Å². The number of nitrogens with zero attached hydrogens (tertiary/aromatic N) is 2. The van der Waals surface area contributed by atoms with Gasteiger partial charge in [-0.2, -0.15) is 0 Å². The molecule has 1 fully saturated rings. The van der Waals surface area contributed by atoms with Gasteiger partial charge in [0.25, 0.3) is 5.91 Å². The highest BCUT2D eigenvalue weighted by Crippen LogP contribution is 2.35. The van der Waals surface area contributed by atoms with Crippen LogP contribution in [0, 0.1) is 17.0 Å². The van der Waals surface area contributed by atoms with E-state index in [9.17, 15) is 23.5 Å². The van der Waals surface area contributed by atoms with Crippen molar-refractivity contribution in [2.75, 3.05) is 11.9 Å². The fourth-order valence-corrected chi connectivity index (χ4v) is 5.09. The van der Waals surface area contributed by atoms with Crippen molar-refractivity contribution in [3.8, 4) is 0 Å². The Morgan fingerprint density at radius 1 is 1.21 bits per heavy atom. The lowest BCUT2D eigenvalue weighted by molar-refractivity contribution is 0.0724. The molecule has 0 radical (unpaired) electrons. The third-order valence-electron chi connectivity index (χ3n) is 5.93. The Labute approximate surface area is 199 Å². The molecule has 178 valence electrons. The number of hydrogen-bond donors (Lipinski definition) is 2. The predicted octanol–water partition coefficient (Wildman–Crippen LogP) is 6.40. The molecule has 2 aromatic carbocycles. The lowest BCUT2D eigenvalue weighted by Gasteiger charge is -2.42. The quantitative estimate of drug-likeness (QED) is 0.450. The third-order valence-corrected chi connectivity index (χ3v) is 6.88. The monoisotopic (exact) mass is 485 g/mol. The van der Waals surface area contributed by atoms with Crippen LogP contribution in [0.5, 0.6) is 0 Å². The van der Waals surface area contributed by atoms with E-state index >= 15 is 0 Å². The van der Waals surface area contributed by atoms with Gasteiger partial charge in [-0.15, -0.1) is 0 Å². The van der Waals surface area contributed by atoms with E-state index in [4.69, 9.17) is 0 Å². The number of carbonyl (C=O) groups excluding carboxylic acids is 1. The van der Waals surface area contributed by atoms with Crippen molar-refractivity contribution in [2.45, 2.75) is 39.7 Å². The van der Waals surface area contributed by atoms with Gasteiger partial charge in [0.1, 0.15) is 17.2 Å². The van der Waals surface area contributed by atoms with Gasteiger partial charge in [0.2, 0.25) is 0 Å². The lowest BCUT2D eigenvalue weighted by atomic mass is 9.79. The molecule has 2 N–H and O–H groups in total. The minimum atomic E-state index is -0.973. The van der Waals surface area contributed by atoms with E-state index in [-0.39, 0.29) is 22.2 Å². The zero-order chi connectivity index (χ0) is 24.6. The van der Waals surface area contributed by atoms with Gasteiger partial charge in [-0.25, -0.2) is 18.6 Å². The van der Waals surface area contributed by atoms with E-state index in [0.29, 0.717) is 24.9 Å². The van der Waals surface area contributed by atoms with E-state index in [1.165, 1.54) is 16.2 Å². The molecule has 0 bridgehead atoms. The maximum absolute atomic E-state index is 14.8. The highest BCUT2D eigenvalue weighted by atomic mass is 32.1. The second-order valence-electron chi connectivity index (χ2n) is 9.41. The van der Waals surface area contributed by atoms with Crippen molar-refractivity contribution in [1.29, 1.82) is 0 Å². The van der Waals surface area contributed by atoms with Crippen LogP contribution in [-0.2, 0) is 0 Å². The van der Waals surface area contributed by atoms with Crippen molar-refractivity contribution >= 4 is 44.8 Å². The fourth-order valence-electron chi connectivity index (χ4n) is 4.23. The Morgan fingerprint density at radius 2 is 1.88 bits per heavy atom. The zero-order valence-electron chi connectivity index (χ0n) is 19.1. The van der Waals surface area contributed by atoms with Crippen LogP contribution in [0.2, 0.25) is 0 Å². The molecular formula is C25H25F2N3O3S. The molecule has 9 heteroatoms. The van der Waals surface area contributed by atoms with Crippen LogP contribution in [0.1, 0.15) is 49.5 Å². The minimum Gasteiger partial charge on any atom is -0.465 e. The molecule has 6 nitrogen and oxygen atoms in total. The number of anilines is 1. The number of carbonyl (C=O) groups is 2. The molecular weight excluding hydrogens is 460 g/mol. The first-order chi connectivity index (χ1) is 16.0. The Hall–Kier alpha value is -3.33. The summed E-state index contributed by atoms with van der Waals surface area (Å²) in [5.41, 5.74) is 0.917. The third kappa shape index (κ3) is 4.94. The van der Waals surface area contributed by atoms with Gasteiger partial charge in [0.15, 0.2) is 5.13 Å². The first kappa shape index (κ1) is 23.8. The largest absolute Gasteiger partial charge is 0.465 e. The molecule has 1 saturated heterocycles. The van der Waals surface area contributed by atoms with Crippen LogP contribution in [0.15, 0.2) is 42.0 Å². The van der Waals surface area contributed by atoms with Crippen LogP contribution in [-0.4, -0.2) is 39.6 Å². The summed E-state index contributed by atoms with van der Waals surface area (Å²) in [6.07, 6.45) is 1.65. The number of fused-ring (bicyclic) bond motifs is 1. The highest BCUT2D eigenvalue weighted by Gasteiger charge is 2.36. The van der Waals surface area contributed by atoms with Crippen LogP contribution in [0.4, 0.5) is 18.7 Å². The topological polar surface area (TPSA) is 82.5 Å². The standard InChI is InChI=1S/C25H25F2N3O3S/c1-25(2,3)20-13-14(8-9-30(20)24(32)33)10-15-11-16(26)21(17(27)12-15)22(31)29-23-28-18-6-4-5-7-19(18)34-23/h4-7,10-12,20H,8-9,13H2,1-3H3,(H,32,33)(H,28,29,31). The minimum absolute atomic E-state index is 0.251. The number of amides is 2. The van der Waals surface area contributed by atoms with Gasteiger partial charge in [0, 0.05) is 12.6 Å². The molecule has 1 unspecified atom stereocenters. The van der Waals surface area contributed by atoms with Gasteiger partial charge < -0.3 is 10.0 Å². The van der Waals surface area contributed by atoms with Crippen molar-refractivity contribution in [3.63, 3.8) is 0 Å². The van der Waals surface area contributed by atoms with Crippen molar-refractivity contribution < 1.29 is 23.5 Å². The maximum Gasteiger partial charge on any atom is 0.407 e. The number of rotatable bonds is 3. The summed E-state index contributed by atoms with van der Waals surface area (Å²) in [6.45, 7) is 6.22. The summed E-state index contributed by atoms with van der Waals surface area (Å²) in [6, 6.07) is 9.29. The summed E-state index contributed by atoms with van der Waals surface area (Å²) >= 11 is 1.22. The van der Waals surface area contributed by atoms with E-state index in [2.05, 4.69) is 10.3 Å². The number of likely N-dealkylation sites (tertiary alicyclic amines) is 1. The van der Waals surface area contributed by atoms with E-state index in [1.807, 2.05) is 39.0 Å². The number of thiazole rings is 1. The number of aromatic nitrogens is 1. The Balaban J connectivity index is 1.55. The van der Waals surface area contributed by atoms with Gasteiger partial charge in [0.05, 0.1) is 10.2 Å². The van der Waals surface area contributed by atoms with E-state index in [0.717, 1.165) is 22.4 Å². The summed E-state index contributed by atoms with van der Waals surface area (Å²) in [5, 5.41) is 12.3. The second-order valence-corrected chi connectivity index (χ2v) is 10.4. The number of halogens is 2. The van der Waals surface area contributed by atoms with Crippen molar-refractivity contribution in [2.24, 2.45) is 5.41 Å². The van der Waals surface area contributed by atoms with Gasteiger partial charge in [-0.3, -0.25) is 10.1 Å². The first-order valence-corrected chi connectivity index (χ1v) is 11.7. The number of benzene rings is 2. The molecule has 2 heterocycles. The molecule has 0 saturated carbocycles. The first-order valence-electron chi connectivity index (χ1n) is 10.9. The summed E-state index contributed by atoms with van der Waals surface area (Å²) in [7, 11) is 0. The van der Waals surface area contributed by atoms with Gasteiger partial charge in [-0.05, 0) is 48.1 Å². The summed E-state index contributed by atoms with van der Waals surface area (Å²) in [5.74, 6) is -2.85. The Kier molecular flexibility index (Phi) is 6.40. The molecule has 4 rings (SSSR count). The van der Waals surface area contributed by atoms with Crippen molar-refractivity contribution in [3.05, 3.63) is 64.7 Å². The van der Waals surface area contributed by atoms with Crippen LogP contribution in [0.25, 0.3) is 16.3 Å². The summed E-state index contributed by atoms with van der Waals surface area (Å²) in [4.78, 5) is 29.9. The molecule has 0 aliphatic carbocycles. The Bertz CT molecular complexity index is 1240. The number of para-hydroxylation sites is 1. The molecule has 1 aliphatic heterocycles. The summed E-state index contributed by atoms with van der Waals surface area (Å²) < 4.78 is 30.5. The van der Waals surface area contributed by atoms with E-state index in [1.54, 1.807) is 12.1 Å². The molecule has 1 aliphatic rings. The average molecular weight is 486 g/mol. The molecule has 34 heavy (non-hydrogen) atoms. The number of hydrogen-bond acceptors (Lipinski definition) is 4. The Morgan fingerprint density at radius 3 is 2.50 bits per heavy atom. The van der Waals surface area contributed by atoms with Gasteiger partial charge in [-0.1, -0.05) is 55.9 Å². The number of carboxylic acid groups (broad SMARTS) is 1. The number of nitrogens with one attached hydrogen (secondary N) is 1. The molecule has 3 aromatic rings. The maximum atomic E-state index is 14.8. The highest BCUT2D eigenvalue weighted by molar-refractivity contribution is 7.22. The normalized spacial score (nSPS) is 17.9. The molecule has 2 amide bonds. The number of piperidine rings is 1. The molecule has 0 spiro atoms. The van der Waals surface area contributed by atoms with Crippen LogP contribution in [0.3, 0.4) is 0 Å². The van der Waals surface area contributed by atoms with Crippen LogP contribution < -0.4 is 5.32 Å². The zero-order valence-corrected chi connectivity index (χ0v) is 19.9. The van der Waals surface area contributed by atoms with E-state index < -0.39 is 29.2 Å². The lowest BCUT2D eigenvalue weighted by Crippen LogP contribution is -2.50. The van der Waals surface area contributed by atoms with Crippen molar-refractivity contribution in [1.82, 2.24) is 9.88 Å². The smallest absolute Gasteiger partial charge is 0.407 e. The van der Waals surface area contributed by atoms with Crippen LogP contribution >= 0.6 is 11.3 Å². The fraction of sp³-hybridized carbons (Fsp3) is 0.320. The molecule has 1 aromatic heterocycles. The predicted molar refractivity (Wildman–Crippen MR) is 129 cm³/mol. The SMILES string of the molecule is CC(C)(C)C1CC(=Cc2cc(F)c(C(=O)Nc3nc4ccccc4s3)c(F)c2)CCN1C(=O)O. The molecule has 1 atom stereocenters. The second kappa shape index (κ2) is 9.13. The average Bonchev–Trinajstić information content (AvgIpc) is 3.14.